The summed E-state index contributed by atoms with van der Waals surface area (Å²) in [5, 5.41) is 2.43. The van der Waals surface area contributed by atoms with E-state index in [1.165, 1.54) is 0 Å². The van der Waals surface area contributed by atoms with Gasteiger partial charge in [-0.3, -0.25) is 4.79 Å². The van der Waals surface area contributed by atoms with E-state index < -0.39 is 15.9 Å². The lowest BCUT2D eigenvalue weighted by molar-refractivity contribution is -0.121. The van der Waals surface area contributed by atoms with Gasteiger partial charge in [0.1, 0.15) is 0 Å². The maximum absolute atomic E-state index is 11.0. The number of nitrogens with two attached hydrogens (primary N) is 1. The number of sulfone groups is 1. The minimum atomic E-state index is -3.00. The van der Waals surface area contributed by atoms with Crippen LogP contribution in [0.15, 0.2) is 0 Å². The highest BCUT2D eigenvalue weighted by Crippen LogP contribution is 1.87. The Morgan fingerprint density at radius 2 is 2.08 bits per heavy atom. The number of nitrogens with one attached hydrogen (secondary N) is 1. The fourth-order valence-electron chi connectivity index (χ4n) is 0.635. The van der Waals surface area contributed by atoms with E-state index >= 15 is 0 Å². The maximum Gasteiger partial charge on any atom is 0.236 e. The van der Waals surface area contributed by atoms with Gasteiger partial charge in [-0.2, -0.15) is 0 Å². The summed E-state index contributed by atoms with van der Waals surface area (Å²) in [5.41, 5.74) is 5.26. The fourth-order valence-corrected chi connectivity index (χ4v) is 1.34. The molecule has 0 spiro atoms. The van der Waals surface area contributed by atoms with Crippen molar-refractivity contribution in [1.82, 2.24) is 5.32 Å². The Hall–Kier alpha value is -0.620. The SMILES string of the molecule is CCS(=O)(=O)CCNC(=O)[C@@H](C)N. The van der Waals surface area contributed by atoms with Crippen LogP contribution < -0.4 is 11.1 Å². The molecule has 0 aromatic carbocycles. The molecule has 0 aromatic rings. The predicted molar refractivity (Wildman–Crippen MR) is 51.0 cm³/mol. The van der Waals surface area contributed by atoms with Gasteiger partial charge >= 0.3 is 0 Å². The van der Waals surface area contributed by atoms with Gasteiger partial charge in [-0.05, 0) is 6.92 Å². The molecule has 0 fully saturated rings. The van der Waals surface area contributed by atoms with Crippen molar-refractivity contribution in [3.05, 3.63) is 0 Å². The molecule has 0 radical (unpaired) electrons. The molecule has 0 bridgehead atoms. The number of hydrogen-bond donors (Lipinski definition) is 2. The van der Waals surface area contributed by atoms with E-state index in [1.807, 2.05) is 0 Å². The van der Waals surface area contributed by atoms with Crippen LogP contribution >= 0.6 is 0 Å². The Kier molecular flexibility index (Phi) is 4.94. The van der Waals surface area contributed by atoms with Crippen LogP contribution in [0.25, 0.3) is 0 Å². The summed E-state index contributed by atoms with van der Waals surface area (Å²) in [6, 6.07) is -0.593. The summed E-state index contributed by atoms with van der Waals surface area (Å²) in [4.78, 5) is 10.9. The number of amides is 1. The van der Waals surface area contributed by atoms with E-state index in [-0.39, 0.29) is 24.0 Å². The maximum atomic E-state index is 11.0. The second-order valence-electron chi connectivity index (χ2n) is 2.82. The Balaban J connectivity index is 3.76. The zero-order valence-corrected chi connectivity index (χ0v) is 8.73. The van der Waals surface area contributed by atoms with E-state index in [2.05, 4.69) is 5.32 Å². The molecule has 0 aliphatic carbocycles. The molecule has 5 nitrogen and oxygen atoms in total. The normalized spacial score (nSPS) is 13.8. The molecule has 1 atom stereocenters. The summed E-state index contributed by atoms with van der Waals surface area (Å²) >= 11 is 0. The van der Waals surface area contributed by atoms with Crippen LogP contribution in [-0.4, -0.2) is 38.4 Å². The highest BCUT2D eigenvalue weighted by Gasteiger charge is 2.10. The number of rotatable bonds is 5. The number of carbonyl (C=O) groups excluding carboxylic acids is 1. The lowest BCUT2D eigenvalue weighted by Gasteiger charge is -2.06. The summed E-state index contributed by atoms with van der Waals surface area (Å²) < 4.78 is 21.9. The Bertz CT molecular complexity index is 259. The van der Waals surface area contributed by atoms with Crippen molar-refractivity contribution in [2.45, 2.75) is 19.9 Å². The van der Waals surface area contributed by atoms with Gasteiger partial charge < -0.3 is 11.1 Å². The predicted octanol–water partition coefficient (Wildman–Crippen LogP) is -1.12. The van der Waals surface area contributed by atoms with Crippen LogP contribution in [0.5, 0.6) is 0 Å². The van der Waals surface area contributed by atoms with Crippen LogP contribution in [0.1, 0.15) is 13.8 Å². The summed E-state index contributed by atoms with van der Waals surface area (Å²) in [6.07, 6.45) is 0. The van der Waals surface area contributed by atoms with Crippen LogP contribution in [0, 0.1) is 0 Å². The van der Waals surface area contributed by atoms with E-state index in [4.69, 9.17) is 5.73 Å². The van der Waals surface area contributed by atoms with Crippen molar-refractivity contribution in [2.75, 3.05) is 18.1 Å². The van der Waals surface area contributed by atoms with Crippen LogP contribution in [0.2, 0.25) is 0 Å². The van der Waals surface area contributed by atoms with E-state index in [0.29, 0.717) is 0 Å². The van der Waals surface area contributed by atoms with Crippen molar-refractivity contribution >= 4 is 15.7 Å². The average molecular weight is 208 g/mol. The van der Waals surface area contributed by atoms with Crippen molar-refractivity contribution in [2.24, 2.45) is 5.73 Å². The third-order valence-corrected chi connectivity index (χ3v) is 3.27. The molecule has 0 aliphatic heterocycles. The van der Waals surface area contributed by atoms with Gasteiger partial charge in [0.05, 0.1) is 11.8 Å². The first-order chi connectivity index (χ1) is 5.89. The molecule has 0 heterocycles. The quantitative estimate of drug-likeness (QED) is 0.599. The van der Waals surface area contributed by atoms with Gasteiger partial charge in [0.2, 0.25) is 5.91 Å². The third kappa shape index (κ3) is 5.59. The first kappa shape index (κ1) is 12.4. The first-order valence-corrected chi connectivity index (χ1v) is 5.95. The summed E-state index contributed by atoms with van der Waals surface area (Å²) in [5.74, 6) is -0.255. The molecule has 13 heavy (non-hydrogen) atoms. The largest absolute Gasteiger partial charge is 0.354 e. The van der Waals surface area contributed by atoms with Gasteiger partial charge in [0.15, 0.2) is 9.84 Å². The highest BCUT2D eigenvalue weighted by atomic mass is 32.2. The molecule has 0 rings (SSSR count). The zero-order chi connectivity index (χ0) is 10.5. The van der Waals surface area contributed by atoms with Crippen molar-refractivity contribution in [3.8, 4) is 0 Å². The second kappa shape index (κ2) is 5.18. The summed E-state index contributed by atoms with van der Waals surface area (Å²) in [7, 11) is -3.00. The molecule has 0 saturated heterocycles. The monoisotopic (exact) mass is 208 g/mol. The highest BCUT2D eigenvalue weighted by molar-refractivity contribution is 7.91. The zero-order valence-electron chi connectivity index (χ0n) is 7.91. The smallest absolute Gasteiger partial charge is 0.236 e. The van der Waals surface area contributed by atoms with Crippen LogP contribution in [0.3, 0.4) is 0 Å². The van der Waals surface area contributed by atoms with E-state index in [0.717, 1.165) is 0 Å². The molecule has 3 N–H and O–H groups in total. The number of carbonyl (C=O) groups is 1. The third-order valence-electron chi connectivity index (χ3n) is 1.57. The van der Waals surface area contributed by atoms with Gasteiger partial charge in [-0.1, -0.05) is 6.92 Å². The Morgan fingerprint density at radius 3 is 2.46 bits per heavy atom. The standard InChI is InChI=1S/C7H16N2O3S/c1-3-13(11,12)5-4-9-7(10)6(2)8/h6H,3-5,8H2,1-2H3,(H,9,10)/t6-/m1/s1. The molecular formula is C7H16N2O3S. The average Bonchev–Trinajstić information content (AvgIpc) is 2.04. The van der Waals surface area contributed by atoms with E-state index in [1.54, 1.807) is 13.8 Å². The molecule has 78 valence electrons. The lowest BCUT2D eigenvalue weighted by Crippen LogP contribution is -2.40. The van der Waals surface area contributed by atoms with Crippen LogP contribution in [0.4, 0.5) is 0 Å². The minimum absolute atomic E-state index is 0.0258. The first-order valence-electron chi connectivity index (χ1n) is 4.12. The van der Waals surface area contributed by atoms with Crippen molar-refractivity contribution in [3.63, 3.8) is 0 Å². The van der Waals surface area contributed by atoms with Gasteiger partial charge in [0, 0.05) is 12.3 Å². The Labute approximate surface area is 78.6 Å². The molecule has 0 saturated carbocycles. The van der Waals surface area contributed by atoms with Gasteiger partial charge in [-0.15, -0.1) is 0 Å². The molecule has 0 aliphatic rings. The molecular weight excluding hydrogens is 192 g/mol. The van der Waals surface area contributed by atoms with Gasteiger partial charge in [0.25, 0.3) is 0 Å². The topological polar surface area (TPSA) is 89.3 Å². The molecule has 6 heteroatoms. The molecule has 0 unspecified atom stereocenters. The number of hydrogen-bond acceptors (Lipinski definition) is 4. The molecule has 1 amide bonds. The van der Waals surface area contributed by atoms with Crippen molar-refractivity contribution < 1.29 is 13.2 Å². The van der Waals surface area contributed by atoms with Crippen molar-refractivity contribution in [1.29, 1.82) is 0 Å². The minimum Gasteiger partial charge on any atom is -0.354 e. The Morgan fingerprint density at radius 1 is 1.54 bits per heavy atom. The molecule has 0 aromatic heterocycles. The van der Waals surface area contributed by atoms with Crippen LogP contribution in [-0.2, 0) is 14.6 Å². The fraction of sp³-hybridized carbons (Fsp3) is 0.857. The lowest BCUT2D eigenvalue weighted by atomic mass is 10.3. The summed E-state index contributed by atoms with van der Waals surface area (Å²) in [6.45, 7) is 3.25. The second-order valence-corrected chi connectivity index (χ2v) is 5.29. The van der Waals surface area contributed by atoms with Gasteiger partial charge in [-0.25, -0.2) is 8.42 Å². The van der Waals surface area contributed by atoms with E-state index in [9.17, 15) is 13.2 Å².